The number of nitrogens with zero attached hydrogens (tertiary/aromatic N) is 4. The van der Waals surface area contributed by atoms with Crippen molar-refractivity contribution in [1.82, 2.24) is 24.6 Å². The summed E-state index contributed by atoms with van der Waals surface area (Å²) in [6.07, 6.45) is 5.54. The summed E-state index contributed by atoms with van der Waals surface area (Å²) in [5.74, 6) is 0.0405. The molecule has 0 unspecified atom stereocenters. The summed E-state index contributed by atoms with van der Waals surface area (Å²) in [5, 5.41) is 9.94. The molecule has 1 amide bonds. The second kappa shape index (κ2) is 8.90. The van der Waals surface area contributed by atoms with Gasteiger partial charge in [-0.1, -0.05) is 55.8 Å². The lowest BCUT2D eigenvalue weighted by Gasteiger charge is -2.09. The highest BCUT2D eigenvalue weighted by molar-refractivity contribution is 5.85. The average Bonchev–Trinajstić information content (AvgIpc) is 3.18. The Bertz CT molecular complexity index is 1240. The molecular weight excluding hydrogens is 378 g/mol. The quantitative estimate of drug-likeness (QED) is 0.490. The molecule has 0 radical (unpaired) electrons. The van der Waals surface area contributed by atoms with Crippen molar-refractivity contribution in [3.63, 3.8) is 0 Å². The lowest BCUT2D eigenvalue weighted by Crippen LogP contribution is -2.27. The Balaban J connectivity index is 1.52. The van der Waals surface area contributed by atoms with E-state index in [1.54, 1.807) is 21.8 Å². The van der Waals surface area contributed by atoms with E-state index in [2.05, 4.69) is 40.5 Å². The first-order valence-corrected chi connectivity index (χ1v) is 10.3. The molecule has 30 heavy (non-hydrogen) atoms. The smallest absolute Gasteiger partial charge is 0.264 e. The zero-order valence-electron chi connectivity index (χ0n) is 17.0. The second-order valence-electron chi connectivity index (χ2n) is 7.37. The molecule has 7 nitrogen and oxygen atoms in total. The maximum atomic E-state index is 13.0. The molecule has 0 fully saturated rings. The van der Waals surface area contributed by atoms with Gasteiger partial charge in [-0.2, -0.15) is 5.10 Å². The van der Waals surface area contributed by atoms with E-state index in [-0.39, 0.29) is 11.5 Å². The molecular formula is C23H25N5O2. The number of amides is 1. The molecule has 2 aromatic heterocycles. The minimum atomic E-state index is -0.119. The van der Waals surface area contributed by atoms with Crippen molar-refractivity contribution >= 4 is 27.7 Å². The van der Waals surface area contributed by atoms with E-state index >= 15 is 0 Å². The van der Waals surface area contributed by atoms with Gasteiger partial charge < -0.3 is 5.32 Å². The van der Waals surface area contributed by atoms with Gasteiger partial charge in [0.25, 0.3) is 5.56 Å². The van der Waals surface area contributed by atoms with E-state index in [1.807, 2.05) is 24.3 Å². The summed E-state index contributed by atoms with van der Waals surface area (Å²) in [4.78, 5) is 29.2. The molecule has 4 aromatic rings. The molecule has 0 bridgehead atoms. The SMILES string of the molecule is CCCCC(=O)NCCn1ncc2c(=O)n(Cc3cccc4ccccc34)cnc21. The third-order valence-corrected chi connectivity index (χ3v) is 5.25. The molecule has 7 heteroatoms. The minimum absolute atomic E-state index is 0.0405. The van der Waals surface area contributed by atoms with Gasteiger partial charge in [-0.3, -0.25) is 14.2 Å². The van der Waals surface area contributed by atoms with Gasteiger partial charge in [0.1, 0.15) is 11.7 Å². The normalized spacial score (nSPS) is 11.2. The fraction of sp³-hybridized carbons (Fsp3) is 0.304. The Hall–Kier alpha value is -3.48. The highest BCUT2D eigenvalue weighted by atomic mass is 16.1. The van der Waals surface area contributed by atoms with Crippen molar-refractivity contribution in [2.75, 3.05) is 6.54 Å². The Kier molecular flexibility index (Phi) is 5.88. The lowest BCUT2D eigenvalue weighted by atomic mass is 10.0. The van der Waals surface area contributed by atoms with Crippen LogP contribution >= 0.6 is 0 Å². The maximum Gasteiger partial charge on any atom is 0.264 e. The number of nitrogens with one attached hydrogen (secondary N) is 1. The predicted octanol–water partition coefficient (Wildman–Crippen LogP) is 3.10. The molecule has 154 valence electrons. The Labute approximate surface area is 174 Å². The Morgan fingerprint density at radius 3 is 2.80 bits per heavy atom. The third-order valence-electron chi connectivity index (χ3n) is 5.25. The third kappa shape index (κ3) is 4.10. The number of aromatic nitrogens is 4. The number of carbonyl (C=O) groups is 1. The molecule has 2 heterocycles. The van der Waals surface area contributed by atoms with Crippen LogP contribution in [0.5, 0.6) is 0 Å². The summed E-state index contributed by atoms with van der Waals surface area (Å²) in [6, 6.07) is 14.2. The summed E-state index contributed by atoms with van der Waals surface area (Å²) in [7, 11) is 0. The van der Waals surface area contributed by atoms with Crippen molar-refractivity contribution < 1.29 is 4.79 Å². The molecule has 0 aliphatic carbocycles. The number of hydrogen-bond acceptors (Lipinski definition) is 4. The van der Waals surface area contributed by atoms with Crippen LogP contribution in [-0.4, -0.2) is 31.8 Å². The van der Waals surface area contributed by atoms with Gasteiger partial charge in [0.05, 0.1) is 19.3 Å². The van der Waals surface area contributed by atoms with Gasteiger partial charge in [0, 0.05) is 13.0 Å². The van der Waals surface area contributed by atoms with Gasteiger partial charge in [0.2, 0.25) is 5.91 Å². The Morgan fingerprint density at radius 1 is 1.10 bits per heavy atom. The highest BCUT2D eigenvalue weighted by Gasteiger charge is 2.11. The van der Waals surface area contributed by atoms with E-state index in [4.69, 9.17) is 0 Å². The molecule has 4 rings (SSSR count). The van der Waals surface area contributed by atoms with Crippen LogP contribution in [0.3, 0.4) is 0 Å². The van der Waals surface area contributed by atoms with Crippen LogP contribution in [0.2, 0.25) is 0 Å². The molecule has 0 aliphatic heterocycles. The fourth-order valence-electron chi connectivity index (χ4n) is 3.61. The molecule has 0 spiro atoms. The first-order valence-electron chi connectivity index (χ1n) is 10.3. The summed E-state index contributed by atoms with van der Waals surface area (Å²) >= 11 is 0. The van der Waals surface area contributed by atoms with Gasteiger partial charge in [-0.15, -0.1) is 0 Å². The van der Waals surface area contributed by atoms with Crippen LogP contribution < -0.4 is 10.9 Å². The molecule has 0 atom stereocenters. The number of hydrogen-bond donors (Lipinski definition) is 1. The first kappa shape index (κ1) is 19.8. The second-order valence-corrected chi connectivity index (χ2v) is 7.37. The van der Waals surface area contributed by atoms with Gasteiger partial charge in [0.15, 0.2) is 5.65 Å². The number of fused-ring (bicyclic) bond motifs is 2. The number of carbonyl (C=O) groups excluding carboxylic acids is 1. The first-order chi connectivity index (χ1) is 14.7. The maximum absolute atomic E-state index is 13.0. The van der Waals surface area contributed by atoms with E-state index in [0.29, 0.717) is 37.1 Å². The predicted molar refractivity (Wildman–Crippen MR) is 117 cm³/mol. The zero-order chi connectivity index (χ0) is 20.9. The molecule has 0 saturated heterocycles. The topological polar surface area (TPSA) is 81.8 Å². The van der Waals surface area contributed by atoms with Gasteiger partial charge in [-0.05, 0) is 22.8 Å². The summed E-state index contributed by atoms with van der Waals surface area (Å²) in [6.45, 7) is 3.44. The van der Waals surface area contributed by atoms with Crippen LogP contribution in [0.15, 0.2) is 59.8 Å². The summed E-state index contributed by atoms with van der Waals surface area (Å²) < 4.78 is 3.28. The molecule has 0 saturated carbocycles. The fourth-order valence-corrected chi connectivity index (χ4v) is 3.61. The van der Waals surface area contributed by atoms with Crippen molar-refractivity contribution in [2.45, 2.75) is 39.3 Å². The zero-order valence-corrected chi connectivity index (χ0v) is 17.0. The van der Waals surface area contributed by atoms with E-state index < -0.39 is 0 Å². The van der Waals surface area contributed by atoms with Crippen molar-refractivity contribution in [2.24, 2.45) is 0 Å². The largest absolute Gasteiger partial charge is 0.354 e. The van der Waals surface area contributed by atoms with Crippen molar-refractivity contribution in [3.8, 4) is 0 Å². The number of unbranched alkanes of at least 4 members (excludes halogenated alkanes) is 1. The lowest BCUT2D eigenvalue weighted by molar-refractivity contribution is -0.121. The van der Waals surface area contributed by atoms with Crippen LogP contribution in [0.4, 0.5) is 0 Å². The average molecular weight is 403 g/mol. The highest BCUT2D eigenvalue weighted by Crippen LogP contribution is 2.19. The van der Waals surface area contributed by atoms with Gasteiger partial charge in [-0.25, -0.2) is 9.67 Å². The van der Waals surface area contributed by atoms with Crippen LogP contribution in [0.25, 0.3) is 21.8 Å². The van der Waals surface area contributed by atoms with Crippen LogP contribution in [0, 0.1) is 0 Å². The monoisotopic (exact) mass is 403 g/mol. The number of rotatable bonds is 8. The van der Waals surface area contributed by atoms with Gasteiger partial charge >= 0.3 is 0 Å². The van der Waals surface area contributed by atoms with Crippen molar-refractivity contribution in [1.29, 1.82) is 0 Å². The number of benzene rings is 2. The Morgan fingerprint density at radius 2 is 1.93 bits per heavy atom. The van der Waals surface area contributed by atoms with Crippen molar-refractivity contribution in [3.05, 3.63) is 70.9 Å². The van der Waals surface area contributed by atoms with E-state index in [0.717, 1.165) is 29.2 Å². The summed E-state index contributed by atoms with van der Waals surface area (Å²) in [5.41, 5.74) is 1.49. The molecule has 0 aliphatic rings. The standard InChI is InChI=1S/C23H25N5O2/c1-2-3-11-21(29)24-12-13-28-22-20(14-26-28)23(30)27(16-25-22)15-18-9-6-8-17-7-4-5-10-19(17)18/h4-10,14,16H,2-3,11-13,15H2,1H3,(H,24,29). The van der Waals surface area contributed by atoms with Crippen LogP contribution in [-0.2, 0) is 17.9 Å². The minimum Gasteiger partial charge on any atom is -0.354 e. The van der Waals surface area contributed by atoms with Crippen LogP contribution in [0.1, 0.15) is 31.7 Å². The van der Waals surface area contributed by atoms with E-state index in [1.165, 1.54) is 0 Å². The molecule has 2 aromatic carbocycles. The van der Waals surface area contributed by atoms with E-state index in [9.17, 15) is 9.59 Å². The molecule has 1 N–H and O–H groups in total.